The zero-order chi connectivity index (χ0) is 13.4. The van der Waals surface area contributed by atoms with E-state index in [0.29, 0.717) is 15.4 Å². The number of thiazole rings is 1. The van der Waals surface area contributed by atoms with Gasteiger partial charge in [0.2, 0.25) is 0 Å². The predicted molar refractivity (Wildman–Crippen MR) is 80.8 cm³/mol. The molecule has 1 saturated carbocycles. The summed E-state index contributed by atoms with van der Waals surface area (Å²) >= 11 is 4.70. The van der Waals surface area contributed by atoms with E-state index in [-0.39, 0.29) is 5.82 Å². The van der Waals surface area contributed by atoms with Gasteiger partial charge in [-0.3, -0.25) is 0 Å². The van der Waals surface area contributed by atoms with Gasteiger partial charge in [0.1, 0.15) is 16.5 Å². The molecule has 0 spiro atoms. The highest BCUT2D eigenvalue weighted by Gasteiger charge is 2.22. The molecule has 100 valence electrons. The number of rotatable bonds is 2. The van der Waals surface area contributed by atoms with Crippen LogP contribution in [0.25, 0.3) is 11.3 Å². The van der Waals surface area contributed by atoms with Gasteiger partial charge < -0.3 is 5.73 Å². The van der Waals surface area contributed by atoms with Gasteiger partial charge in [-0.25, -0.2) is 9.37 Å². The quantitative estimate of drug-likeness (QED) is 0.839. The summed E-state index contributed by atoms with van der Waals surface area (Å²) in [7, 11) is 0. The minimum atomic E-state index is -0.285. The minimum absolute atomic E-state index is 0.285. The van der Waals surface area contributed by atoms with Gasteiger partial charge >= 0.3 is 0 Å². The first-order valence-electron chi connectivity index (χ1n) is 6.37. The number of anilines is 1. The Morgan fingerprint density at radius 3 is 2.74 bits per heavy atom. The third-order valence-electron chi connectivity index (χ3n) is 3.57. The summed E-state index contributed by atoms with van der Waals surface area (Å²) in [4.78, 5) is 4.64. The number of hydrogen-bond donors (Lipinski definition) is 1. The number of nitrogens with two attached hydrogens (primary N) is 1. The lowest BCUT2D eigenvalue weighted by Gasteiger charge is -2.03. The van der Waals surface area contributed by atoms with Crippen LogP contribution in [-0.2, 0) is 0 Å². The van der Waals surface area contributed by atoms with Crippen LogP contribution in [0.1, 0.15) is 36.6 Å². The van der Waals surface area contributed by atoms with Gasteiger partial charge in [0.15, 0.2) is 0 Å². The van der Waals surface area contributed by atoms with Crippen LogP contribution in [0.15, 0.2) is 22.7 Å². The van der Waals surface area contributed by atoms with Gasteiger partial charge in [0.25, 0.3) is 0 Å². The normalized spacial score (nSPS) is 16.1. The fourth-order valence-corrected chi connectivity index (χ4v) is 3.82. The van der Waals surface area contributed by atoms with Crippen LogP contribution in [0.4, 0.5) is 9.39 Å². The number of nitrogens with zero attached hydrogens (tertiary/aromatic N) is 1. The maximum atomic E-state index is 13.6. The van der Waals surface area contributed by atoms with Crippen molar-refractivity contribution in [1.29, 1.82) is 0 Å². The second kappa shape index (κ2) is 5.21. The summed E-state index contributed by atoms with van der Waals surface area (Å²) in [6.45, 7) is 0. The molecule has 0 radical (unpaired) electrons. The van der Waals surface area contributed by atoms with Gasteiger partial charge in [0, 0.05) is 11.5 Å². The Balaban J connectivity index is 1.97. The first-order valence-corrected chi connectivity index (χ1v) is 7.97. The van der Waals surface area contributed by atoms with Crippen LogP contribution < -0.4 is 5.73 Å². The fourth-order valence-electron chi connectivity index (χ4n) is 2.55. The zero-order valence-electron chi connectivity index (χ0n) is 10.3. The molecule has 0 unspecified atom stereocenters. The second-order valence-corrected chi connectivity index (χ2v) is 6.79. The van der Waals surface area contributed by atoms with E-state index in [9.17, 15) is 4.39 Å². The molecule has 1 aliphatic rings. The first kappa shape index (κ1) is 13.1. The Kier molecular flexibility index (Phi) is 3.58. The lowest BCUT2D eigenvalue weighted by atomic mass is 10.1. The third kappa shape index (κ3) is 2.54. The summed E-state index contributed by atoms with van der Waals surface area (Å²) in [5, 5.41) is 1.79. The fraction of sp³-hybridized carbons (Fsp3) is 0.357. The van der Waals surface area contributed by atoms with Gasteiger partial charge in [-0.1, -0.05) is 18.9 Å². The molecule has 2 nitrogen and oxygen atoms in total. The summed E-state index contributed by atoms with van der Waals surface area (Å²) in [5.74, 6) is 0.258. The SMILES string of the molecule is Nc1sc(C2CCCC2)nc1-c1ccc(Br)c(F)c1. The average molecular weight is 341 g/mol. The number of aromatic nitrogens is 1. The van der Waals surface area contributed by atoms with Gasteiger partial charge in [-0.2, -0.15) is 0 Å². The molecule has 1 aliphatic carbocycles. The van der Waals surface area contributed by atoms with Crippen LogP contribution in [0.2, 0.25) is 0 Å². The van der Waals surface area contributed by atoms with Gasteiger partial charge in [0.05, 0.1) is 9.48 Å². The lowest BCUT2D eigenvalue weighted by molar-refractivity contribution is 0.621. The van der Waals surface area contributed by atoms with Crippen molar-refractivity contribution in [2.24, 2.45) is 0 Å². The molecule has 0 atom stereocenters. The van der Waals surface area contributed by atoms with Crippen LogP contribution >= 0.6 is 27.3 Å². The van der Waals surface area contributed by atoms with Crippen molar-refractivity contribution in [3.63, 3.8) is 0 Å². The Labute approximate surface area is 124 Å². The Morgan fingerprint density at radius 2 is 2.05 bits per heavy atom. The standard InChI is InChI=1S/C14H14BrFN2S/c15-10-6-5-9(7-11(10)16)12-13(17)19-14(18-12)8-3-1-2-4-8/h5-8H,1-4,17H2. The van der Waals surface area contributed by atoms with E-state index >= 15 is 0 Å². The average Bonchev–Trinajstić information content (AvgIpc) is 3.01. The van der Waals surface area contributed by atoms with E-state index in [1.54, 1.807) is 17.4 Å². The Hall–Kier alpha value is -0.940. The molecule has 0 bridgehead atoms. The third-order valence-corrected chi connectivity index (χ3v) is 5.26. The molecule has 1 fully saturated rings. The summed E-state index contributed by atoms with van der Waals surface area (Å²) in [6, 6.07) is 5.02. The van der Waals surface area contributed by atoms with E-state index in [1.165, 1.54) is 31.7 Å². The molecular weight excluding hydrogens is 327 g/mol. The van der Waals surface area contributed by atoms with E-state index in [4.69, 9.17) is 5.73 Å². The van der Waals surface area contributed by atoms with Crippen molar-refractivity contribution in [2.75, 3.05) is 5.73 Å². The van der Waals surface area contributed by atoms with E-state index in [1.807, 2.05) is 6.07 Å². The highest BCUT2D eigenvalue weighted by Crippen LogP contribution is 2.40. The van der Waals surface area contributed by atoms with Crippen molar-refractivity contribution in [1.82, 2.24) is 4.98 Å². The molecule has 5 heteroatoms. The molecule has 3 rings (SSSR count). The van der Waals surface area contributed by atoms with Crippen LogP contribution in [-0.4, -0.2) is 4.98 Å². The molecule has 1 heterocycles. The molecule has 19 heavy (non-hydrogen) atoms. The molecule has 0 saturated heterocycles. The second-order valence-electron chi connectivity index (χ2n) is 4.88. The number of benzene rings is 1. The molecule has 2 aromatic rings. The van der Waals surface area contributed by atoms with Crippen LogP contribution in [0.3, 0.4) is 0 Å². The number of hydrogen-bond acceptors (Lipinski definition) is 3. The molecule has 2 N–H and O–H groups in total. The highest BCUT2D eigenvalue weighted by atomic mass is 79.9. The number of halogens is 2. The lowest BCUT2D eigenvalue weighted by Crippen LogP contribution is -1.91. The molecular formula is C14H14BrFN2S. The van der Waals surface area contributed by atoms with Crippen molar-refractivity contribution in [3.05, 3.63) is 33.5 Å². The van der Waals surface area contributed by atoms with Crippen molar-refractivity contribution < 1.29 is 4.39 Å². The van der Waals surface area contributed by atoms with E-state index in [2.05, 4.69) is 20.9 Å². The van der Waals surface area contributed by atoms with Crippen LogP contribution in [0.5, 0.6) is 0 Å². The summed E-state index contributed by atoms with van der Waals surface area (Å²) in [5.41, 5.74) is 7.52. The minimum Gasteiger partial charge on any atom is -0.389 e. The van der Waals surface area contributed by atoms with Crippen molar-refractivity contribution in [2.45, 2.75) is 31.6 Å². The van der Waals surface area contributed by atoms with Gasteiger partial charge in [-0.05, 0) is 40.9 Å². The topological polar surface area (TPSA) is 38.9 Å². The first-order chi connectivity index (χ1) is 9.15. The molecule has 0 amide bonds. The maximum absolute atomic E-state index is 13.6. The number of nitrogen functional groups attached to an aromatic ring is 1. The summed E-state index contributed by atoms with van der Waals surface area (Å²) < 4.78 is 14.1. The van der Waals surface area contributed by atoms with Crippen molar-refractivity contribution >= 4 is 32.3 Å². The highest BCUT2D eigenvalue weighted by molar-refractivity contribution is 9.10. The monoisotopic (exact) mass is 340 g/mol. The zero-order valence-corrected chi connectivity index (χ0v) is 12.7. The molecule has 0 aliphatic heterocycles. The molecule has 1 aromatic carbocycles. The van der Waals surface area contributed by atoms with Crippen molar-refractivity contribution in [3.8, 4) is 11.3 Å². The predicted octanol–water partition coefficient (Wildman–Crippen LogP) is 4.95. The molecule has 1 aromatic heterocycles. The Morgan fingerprint density at radius 1 is 1.32 bits per heavy atom. The summed E-state index contributed by atoms with van der Waals surface area (Å²) in [6.07, 6.45) is 4.93. The maximum Gasteiger partial charge on any atom is 0.138 e. The van der Waals surface area contributed by atoms with E-state index in [0.717, 1.165) is 16.3 Å². The largest absolute Gasteiger partial charge is 0.389 e. The van der Waals surface area contributed by atoms with E-state index < -0.39 is 0 Å². The van der Waals surface area contributed by atoms with Crippen LogP contribution in [0, 0.1) is 5.82 Å². The smallest absolute Gasteiger partial charge is 0.138 e. The van der Waals surface area contributed by atoms with Gasteiger partial charge in [-0.15, -0.1) is 11.3 Å². The Bertz CT molecular complexity index is 605.